The van der Waals surface area contributed by atoms with Gasteiger partial charge in [-0.2, -0.15) is 23.5 Å². The van der Waals surface area contributed by atoms with Crippen LogP contribution in [-0.4, -0.2) is 66.9 Å². The van der Waals surface area contributed by atoms with Crippen molar-refractivity contribution in [3.05, 3.63) is 59.7 Å². The van der Waals surface area contributed by atoms with E-state index in [4.69, 9.17) is 20.3 Å². The van der Waals surface area contributed by atoms with E-state index in [-0.39, 0.29) is 30.4 Å². The van der Waals surface area contributed by atoms with Crippen molar-refractivity contribution in [1.29, 1.82) is 0 Å². The number of hydrogen-bond donors (Lipinski definition) is 4. The number of carbonyl (C=O) groups excluding carboxylic acids is 1. The molecule has 2 aliphatic rings. The summed E-state index contributed by atoms with van der Waals surface area (Å²) in [7, 11) is 3.32. The third-order valence-electron chi connectivity index (χ3n) is 6.11. The van der Waals surface area contributed by atoms with Gasteiger partial charge in [0.2, 0.25) is 5.91 Å². The van der Waals surface area contributed by atoms with Gasteiger partial charge in [-0.25, -0.2) is 0 Å². The predicted molar refractivity (Wildman–Crippen MR) is 153 cm³/mol. The molecule has 0 unspecified atom stereocenters. The lowest BCUT2D eigenvalue weighted by atomic mass is 10.2. The maximum Gasteiger partial charge on any atom is 0.320 e. The highest BCUT2D eigenvalue weighted by atomic mass is 35.5. The minimum atomic E-state index is -0.748. The van der Waals surface area contributed by atoms with E-state index < -0.39 is 5.97 Å². The van der Waals surface area contributed by atoms with Crippen molar-refractivity contribution in [3.8, 4) is 11.5 Å². The number of aliphatic carboxylic acids is 1. The van der Waals surface area contributed by atoms with Gasteiger partial charge in [0.05, 0.1) is 20.3 Å². The van der Waals surface area contributed by atoms with Crippen molar-refractivity contribution in [2.45, 2.75) is 46.9 Å². The second kappa shape index (κ2) is 16.0. The van der Waals surface area contributed by atoms with E-state index in [1.807, 2.05) is 48.2 Å². The molecule has 2 aromatic rings. The van der Waals surface area contributed by atoms with Gasteiger partial charge in [-0.05, 0) is 48.2 Å². The van der Waals surface area contributed by atoms with Crippen LogP contribution in [0, 0.1) is 0 Å². The molecule has 0 radical (unpaired) electrons. The SMILES string of the molecule is COc1ccc(CS[C@@H]2CN[C@H](C(=O)O)C2)cc1.COc1ccc(CS[C@@H]2CN[C@H](C(N)=O)C2)cc1.Cl. The van der Waals surface area contributed by atoms with Gasteiger partial charge in [-0.15, -0.1) is 12.4 Å². The maximum atomic E-state index is 11.0. The predicted octanol–water partition coefficient (Wildman–Crippen LogP) is 3.31. The first-order valence-electron chi connectivity index (χ1n) is 11.9. The summed E-state index contributed by atoms with van der Waals surface area (Å²) in [5.41, 5.74) is 7.78. The van der Waals surface area contributed by atoms with Gasteiger partial charge in [0.15, 0.2) is 0 Å². The minimum absolute atomic E-state index is 0. The van der Waals surface area contributed by atoms with Gasteiger partial charge in [0.25, 0.3) is 0 Å². The Kier molecular flexibility index (Phi) is 13.4. The van der Waals surface area contributed by atoms with Gasteiger partial charge in [-0.3, -0.25) is 9.59 Å². The van der Waals surface area contributed by atoms with Gasteiger partial charge in [-0.1, -0.05) is 24.3 Å². The molecule has 4 atom stereocenters. The first kappa shape index (κ1) is 31.1. The molecule has 0 saturated carbocycles. The lowest BCUT2D eigenvalue weighted by Gasteiger charge is -2.08. The second-order valence-electron chi connectivity index (χ2n) is 8.70. The fourth-order valence-electron chi connectivity index (χ4n) is 3.94. The standard InChI is InChI=1S/C13H18N2O2S.C13H17NO3S.ClH/c1-17-10-4-2-9(3-5-10)8-18-11-6-12(13(14)16)15-7-11;1-17-10-4-2-9(3-5-10)8-18-11-6-12(13(15)16)14-7-11;/h2-5,11-12,15H,6-8H2,1H3,(H2,14,16);2-5,11-12,14H,6-8H2,1H3,(H,15,16);1H/t2*11-,12-;/m00./s1. The first-order chi connectivity index (χ1) is 17.4. The monoisotopic (exact) mass is 569 g/mol. The number of nitrogens with two attached hydrogens (primary N) is 1. The van der Waals surface area contributed by atoms with E-state index in [0.717, 1.165) is 42.5 Å². The number of rotatable bonds is 10. The molecule has 4 rings (SSSR count). The molecule has 0 aromatic heterocycles. The third-order valence-corrected chi connectivity index (χ3v) is 8.77. The van der Waals surface area contributed by atoms with Gasteiger partial charge in [0, 0.05) is 35.1 Å². The summed E-state index contributed by atoms with van der Waals surface area (Å²) in [5, 5.41) is 15.9. The van der Waals surface area contributed by atoms with E-state index in [1.165, 1.54) is 11.1 Å². The summed E-state index contributed by atoms with van der Waals surface area (Å²) in [5.74, 6) is 2.59. The Balaban J connectivity index is 0.000000253. The molecule has 5 N–H and O–H groups in total. The van der Waals surface area contributed by atoms with Gasteiger partial charge >= 0.3 is 5.97 Å². The number of benzene rings is 2. The van der Waals surface area contributed by atoms with Crippen molar-refractivity contribution < 1.29 is 24.2 Å². The number of carbonyl (C=O) groups is 2. The summed E-state index contributed by atoms with van der Waals surface area (Å²) in [6.07, 6.45) is 1.53. The number of nitrogens with one attached hydrogen (secondary N) is 2. The normalized spacial score (nSPS) is 22.3. The van der Waals surface area contributed by atoms with Crippen LogP contribution in [0.5, 0.6) is 11.5 Å². The van der Waals surface area contributed by atoms with Crippen LogP contribution in [0.3, 0.4) is 0 Å². The molecule has 0 bridgehead atoms. The van der Waals surface area contributed by atoms with E-state index in [1.54, 1.807) is 26.0 Å². The molecule has 2 heterocycles. The van der Waals surface area contributed by atoms with E-state index >= 15 is 0 Å². The van der Waals surface area contributed by atoms with Crippen LogP contribution in [-0.2, 0) is 21.1 Å². The zero-order valence-corrected chi connectivity index (χ0v) is 23.5. The molecule has 204 valence electrons. The Labute approximate surface area is 233 Å². The summed E-state index contributed by atoms with van der Waals surface area (Å²) in [4.78, 5) is 21.8. The Morgan fingerprint density at radius 2 is 1.24 bits per heavy atom. The van der Waals surface area contributed by atoms with Crippen LogP contribution in [0.4, 0.5) is 0 Å². The zero-order valence-electron chi connectivity index (χ0n) is 21.1. The van der Waals surface area contributed by atoms with E-state index in [0.29, 0.717) is 16.9 Å². The second-order valence-corrected chi connectivity index (χ2v) is 11.3. The fourth-order valence-corrected chi connectivity index (χ4v) is 6.26. The topological polar surface area (TPSA) is 123 Å². The number of carboxylic acids is 1. The fraction of sp³-hybridized carbons (Fsp3) is 0.462. The Hall–Kier alpha value is -2.11. The molecule has 11 heteroatoms. The molecular weight excluding hydrogens is 534 g/mol. The van der Waals surface area contributed by atoms with Crippen molar-refractivity contribution in [3.63, 3.8) is 0 Å². The van der Waals surface area contributed by atoms with Crippen molar-refractivity contribution in [1.82, 2.24) is 10.6 Å². The molecule has 37 heavy (non-hydrogen) atoms. The number of amides is 1. The number of hydrogen-bond acceptors (Lipinski definition) is 8. The van der Waals surface area contributed by atoms with Crippen molar-refractivity contribution >= 4 is 47.8 Å². The zero-order chi connectivity index (χ0) is 25.9. The van der Waals surface area contributed by atoms with Crippen LogP contribution in [0.1, 0.15) is 24.0 Å². The Bertz CT molecular complexity index is 902. The average Bonchev–Trinajstić information content (AvgIpc) is 3.58. The lowest BCUT2D eigenvalue weighted by molar-refractivity contribution is -0.139. The van der Waals surface area contributed by atoms with E-state index in [2.05, 4.69) is 22.8 Å². The van der Waals surface area contributed by atoms with Crippen LogP contribution in [0.15, 0.2) is 48.5 Å². The summed E-state index contributed by atoms with van der Waals surface area (Å²) in [6, 6.07) is 15.5. The van der Waals surface area contributed by atoms with E-state index in [9.17, 15) is 9.59 Å². The van der Waals surface area contributed by atoms with Gasteiger partial charge in [0.1, 0.15) is 17.5 Å². The third kappa shape index (κ3) is 10.3. The molecule has 2 fully saturated rings. The van der Waals surface area contributed by atoms with Crippen LogP contribution < -0.4 is 25.8 Å². The Morgan fingerprint density at radius 3 is 1.57 bits per heavy atom. The number of halogens is 1. The molecule has 8 nitrogen and oxygen atoms in total. The summed E-state index contributed by atoms with van der Waals surface area (Å²) < 4.78 is 10.2. The molecule has 2 aliphatic heterocycles. The minimum Gasteiger partial charge on any atom is -0.497 e. The highest BCUT2D eigenvalue weighted by Crippen LogP contribution is 2.26. The van der Waals surface area contributed by atoms with Crippen LogP contribution >= 0.6 is 35.9 Å². The largest absolute Gasteiger partial charge is 0.497 e. The number of primary amides is 1. The Morgan fingerprint density at radius 1 is 0.838 bits per heavy atom. The highest BCUT2D eigenvalue weighted by molar-refractivity contribution is 7.99. The van der Waals surface area contributed by atoms with Gasteiger partial charge < -0.3 is 30.9 Å². The number of carboxylic acid groups (broad SMARTS) is 1. The number of ether oxygens (including phenoxy) is 2. The molecule has 2 saturated heterocycles. The first-order valence-corrected chi connectivity index (χ1v) is 14.0. The molecule has 0 aliphatic carbocycles. The van der Waals surface area contributed by atoms with Crippen LogP contribution in [0.25, 0.3) is 0 Å². The smallest absolute Gasteiger partial charge is 0.320 e. The van der Waals surface area contributed by atoms with Crippen molar-refractivity contribution in [2.24, 2.45) is 5.73 Å². The van der Waals surface area contributed by atoms with Crippen molar-refractivity contribution in [2.75, 3.05) is 27.3 Å². The molecule has 1 amide bonds. The quantitative estimate of drug-likeness (QED) is 0.341. The molecule has 0 spiro atoms. The summed E-state index contributed by atoms with van der Waals surface area (Å²) in [6.45, 7) is 1.63. The number of thioether (sulfide) groups is 2. The lowest BCUT2D eigenvalue weighted by Crippen LogP contribution is -2.36. The average molecular weight is 570 g/mol. The molecule has 2 aromatic carbocycles. The van der Waals surface area contributed by atoms with Crippen LogP contribution in [0.2, 0.25) is 0 Å². The maximum absolute atomic E-state index is 11.0. The summed E-state index contributed by atoms with van der Waals surface area (Å²) >= 11 is 3.67. The molecular formula is C26H36ClN3O5S2. The number of methoxy groups -OCH3 is 2. The highest BCUT2D eigenvalue weighted by Gasteiger charge is 2.29.